The lowest BCUT2D eigenvalue weighted by Gasteiger charge is -2.15. The number of hydrogen-bond donors (Lipinski definition) is 2. The molecule has 3 N–H and O–H groups in total. The van der Waals surface area contributed by atoms with E-state index in [2.05, 4.69) is 20.3 Å². The summed E-state index contributed by atoms with van der Waals surface area (Å²) in [7, 11) is 0. The first-order valence-electron chi connectivity index (χ1n) is 8.09. The van der Waals surface area contributed by atoms with E-state index in [0.29, 0.717) is 13.1 Å². The number of anilines is 2. The molecule has 1 aliphatic rings. The standard InChI is InChI=1S/C17H22N6O/c1-11-4-3-5-14(19-11)21-15-8-12(2)20-17(22-15)13-6-7-23(10-13)16(24)9-18/h3-5,8,13H,6-7,9-10,18H2,1-2H3,(H,19,20,21,22)/t13-/m0/s1. The van der Waals surface area contributed by atoms with Crippen LogP contribution in [0, 0.1) is 13.8 Å². The van der Waals surface area contributed by atoms with Gasteiger partial charge >= 0.3 is 0 Å². The second kappa shape index (κ2) is 6.92. The third kappa shape index (κ3) is 3.68. The highest BCUT2D eigenvalue weighted by Crippen LogP contribution is 2.26. The lowest BCUT2D eigenvalue weighted by molar-refractivity contribution is -0.128. The van der Waals surface area contributed by atoms with E-state index in [1.54, 1.807) is 4.90 Å². The molecule has 1 atom stereocenters. The molecular formula is C17H22N6O. The van der Waals surface area contributed by atoms with Gasteiger partial charge in [-0.3, -0.25) is 4.79 Å². The van der Waals surface area contributed by atoms with Gasteiger partial charge in [0, 0.05) is 36.5 Å². The monoisotopic (exact) mass is 326 g/mol. The Labute approximate surface area is 141 Å². The van der Waals surface area contributed by atoms with Gasteiger partial charge in [0.05, 0.1) is 6.54 Å². The molecule has 0 spiro atoms. The lowest BCUT2D eigenvalue weighted by Crippen LogP contribution is -2.34. The topological polar surface area (TPSA) is 97.0 Å². The summed E-state index contributed by atoms with van der Waals surface area (Å²) in [5.74, 6) is 2.36. The summed E-state index contributed by atoms with van der Waals surface area (Å²) in [6, 6.07) is 7.70. The zero-order valence-electron chi connectivity index (χ0n) is 14.0. The molecule has 1 fully saturated rings. The summed E-state index contributed by atoms with van der Waals surface area (Å²) in [5.41, 5.74) is 7.27. The van der Waals surface area contributed by atoms with Crippen molar-refractivity contribution in [3.05, 3.63) is 41.5 Å². The number of nitrogens with zero attached hydrogens (tertiary/aromatic N) is 4. The van der Waals surface area contributed by atoms with Crippen molar-refractivity contribution in [1.82, 2.24) is 19.9 Å². The van der Waals surface area contributed by atoms with Gasteiger partial charge < -0.3 is 16.0 Å². The van der Waals surface area contributed by atoms with E-state index in [1.807, 2.05) is 38.1 Å². The smallest absolute Gasteiger partial charge is 0.236 e. The highest BCUT2D eigenvalue weighted by molar-refractivity contribution is 5.78. The molecule has 0 aromatic carbocycles. The number of aryl methyl sites for hydroxylation is 2. The molecule has 1 amide bonds. The van der Waals surface area contributed by atoms with Gasteiger partial charge in [0.25, 0.3) is 0 Å². The summed E-state index contributed by atoms with van der Waals surface area (Å²) >= 11 is 0. The van der Waals surface area contributed by atoms with Crippen LogP contribution in [0.3, 0.4) is 0 Å². The number of nitrogens with one attached hydrogen (secondary N) is 1. The third-order valence-electron chi connectivity index (χ3n) is 4.10. The number of hydrogen-bond acceptors (Lipinski definition) is 6. The Hall–Kier alpha value is -2.54. The number of pyridine rings is 1. The van der Waals surface area contributed by atoms with Crippen LogP contribution >= 0.6 is 0 Å². The average molecular weight is 326 g/mol. The molecule has 0 aliphatic carbocycles. The SMILES string of the molecule is Cc1cccc(Nc2cc(C)nc([C@H]3CCN(C(=O)CN)C3)n2)n1. The van der Waals surface area contributed by atoms with E-state index in [4.69, 9.17) is 5.73 Å². The third-order valence-corrected chi connectivity index (χ3v) is 4.10. The van der Waals surface area contributed by atoms with Gasteiger partial charge in [-0.15, -0.1) is 0 Å². The summed E-state index contributed by atoms with van der Waals surface area (Å²) in [6.45, 7) is 5.27. The Kier molecular flexibility index (Phi) is 4.71. The largest absolute Gasteiger partial charge is 0.341 e. The molecule has 0 unspecified atom stereocenters. The quantitative estimate of drug-likeness (QED) is 0.884. The van der Waals surface area contributed by atoms with Crippen LogP contribution in [0.1, 0.15) is 29.6 Å². The van der Waals surface area contributed by atoms with Crippen LogP contribution in [-0.4, -0.2) is 45.4 Å². The fraction of sp³-hybridized carbons (Fsp3) is 0.412. The molecule has 0 saturated carbocycles. The molecule has 0 bridgehead atoms. The van der Waals surface area contributed by atoms with E-state index < -0.39 is 0 Å². The van der Waals surface area contributed by atoms with Crippen LogP contribution in [0.25, 0.3) is 0 Å². The first-order valence-corrected chi connectivity index (χ1v) is 8.09. The minimum absolute atomic E-state index is 0.0209. The maximum Gasteiger partial charge on any atom is 0.236 e. The number of carbonyl (C=O) groups is 1. The first-order chi connectivity index (χ1) is 11.5. The maximum absolute atomic E-state index is 11.7. The van der Waals surface area contributed by atoms with Gasteiger partial charge in [0.15, 0.2) is 0 Å². The molecule has 3 rings (SSSR count). The molecule has 126 valence electrons. The summed E-state index contributed by atoms with van der Waals surface area (Å²) < 4.78 is 0. The van der Waals surface area contributed by atoms with Gasteiger partial charge in [-0.05, 0) is 32.4 Å². The molecule has 1 aliphatic heterocycles. The normalized spacial score (nSPS) is 17.1. The van der Waals surface area contributed by atoms with Crippen LogP contribution in [0.2, 0.25) is 0 Å². The van der Waals surface area contributed by atoms with Gasteiger partial charge in [-0.2, -0.15) is 0 Å². The Morgan fingerprint density at radius 1 is 1.25 bits per heavy atom. The highest BCUT2D eigenvalue weighted by Gasteiger charge is 2.28. The Morgan fingerprint density at radius 2 is 2.08 bits per heavy atom. The van der Waals surface area contributed by atoms with E-state index in [0.717, 1.165) is 35.3 Å². The lowest BCUT2D eigenvalue weighted by atomic mass is 10.1. The van der Waals surface area contributed by atoms with Crippen LogP contribution in [0.5, 0.6) is 0 Å². The van der Waals surface area contributed by atoms with Crippen molar-refractivity contribution in [2.75, 3.05) is 25.0 Å². The van der Waals surface area contributed by atoms with E-state index in [9.17, 15) is 4.79 Å². The van der Waals surface area contributed by atoms with E-state index in [1.165, 1.54) is 0 Å². The minimum atomic E-state index is -0.0209. The average Bonchev–Trinajstić information content (AvgIpc) is 3.03. The second-order valence-electron chi connectivity index (χ2n) is 6.07. The molecule has 2 aromatic heterocycles. The maximum atomic E-state index is 11.7. The Morgan fingerprint density at radius 3 is 2.83 bits per heavy atom. The molecule has 0 radical (unpaired) electrons. The Balaban J connectivity index is 1.78. The fourth-order valence-corrected chi connectivity index (χ4v) is 2.91. The van der Waals surface area contributed by atoms with Crippen molar-refractivity contribution in [2.24, 2.45) is 5.73 Å². The molecule has 7 nitrogen and oxygen atoms in total. The van der Waals surface area contributed by atoms with Crippen LogP contribution in [0.15, 0.2) is 24.3 Å². The number of nitrogens with two attached hydrogens (primary N) is 1. The summed E-state index contributed by atoms with van der Waals surface area (Å²) in [4.78, 5) is 27.1. The van der Waals surface area contributed by atoms with Gasteiger partial charge in [-0.1, -0.05) is 6.07 Å². The number of carbonyl (C=O) groups excluding carboxylic acids is 1. The minimum Gasteiger partial charge on any atom is -0.341 e. The molecule has 24 heavy (non-hydrogen) atoms. The van der Waals surface area contributed by atoms with Gasteiger partial charge in [0.2, 0.25) is 5.91 Å². The predicted octanol–water partition coefficient (Wildman–Crippen LogP) is 1.51. The molecule has 1 saturated heterocycles. The van der Waals surface area contributed by atoms with Crippen molar-refractivity contribution in [1.29, 1.82) is 0 Å². The summed E-state index contributed by atoms with van der Waals surface area (Å²) in [6.07, 6.45) is 0.858. The molecular weight excluding hydrogens is 304 g/mol. The number of rotatable bonds is 4. The first kappa shape index (κ1) is 16.3. The van der Waals surface area contributed by atoms with Crippen molar-refractivity contribution >= 4 is 17.5 Å². The number of aromatic nitrogens is 3. The number of amides is 1. The second-order valence-corrected chi connectivity index (χ2v) is 6.07. The van der Waals surface area contributed by atoms with E-state index in [-0.39, 0.29) is 18.4 Å². The fourth-order valence-electron chi connectivity index (χ4n) is 2.91. The van der Waals surface area contributed by atoms with Crippen LogP contribution in [0.4, 0.5) is 11.6 Å². The highest BCUT2D eigenvalue weighted by atomic mass is 16.2. The summed E-state index contributed by atoms with van der Waals surface area (Å²) in [5, 5.41) is 3.23. The van der Waals surface area contributed by atoms with Crippen LogP contribution in [-0.2, 0) is 4.79 Å². The Bertz CT molecular complexity index is 748. The molecule has 3 heterocycles. The predicted molar refractivity (Wildman–Crippen MR) is 92.0 cm³/mol. The zero-order valence-corrected chi connectivity index (χ0v) is 14.0. The van der Waals surface area contributed by atoms with Crippen molar-refractivity contribution < 1.29 is 4.79 Å². The van der Waals surface area contributed by atoms with Crippen molar-refractivity contribution in [3.63, 3.8) is 0 Å². The van der Waals surface area contributed by atoms with Crippen molar-refractivity contribution in [3.8, 4) is 0 Å². The molecule has 2 aromatic rings. The van der Waals surface area contributed by atoms with Gasteiger partial charge in [0.1, 0.15) is 17.5 Å². The van der Waals surface area contributed by atoms with Gasteiger partial charge in [-0.25, -0.2) is 15.0 Å². The molecule has 7 heteroatoms. The van der Waals surface area contributed by atoms with E-state index >= 15 is 0 Å². The van der Waals surface area contributed by atoms with Crippen LogP contribution < -0.4 is 11.1 Å². The zero-order chi connectivity index (χ0) is 17.1. The number of likely N-dealkylation sites (tertiary alicyclic amines) is 1. The van der Waals surface area contributed by atoms with Crippen molar-refractivity contribution in [2.45, 2.75) is 26.2 Å².